The maximum Gasteiger partial charge on any atom is 0.137 e. The number of rotatable bonds is 5. The van der Waals surface area contributed by atoms with Gasteiger partial charge in [0.25, 0.3) is 0 Å². The van der Waals surface area contributed by atoms with Crippen molar-refractivity contribution in [2.24, 2.45) is 0 Å². The molecule has 8 aromatic rings. The molecule has 0 N–H and O–H groups in total. The molecule has 45 heavy (non-hydrogen) atoms. The second kappa shape index (κ2) is 10.1. The number of hydrogen-bond donors (Lipinski definition) is 0. The van der Waals surface area contributed by atoms with Gasteiger partial charge >= 0.3 is 0 Å². The van der Waals surface area contributed by atoms with Crippen LogP contribution in [0.3, 0.4) is 0 Å². The van der Waals surface area contributed by atoms with Gasteiger partial charge in [-0.15, -0.1) is 0 Å². The molecule has 0 bridgehead atoms. The Morgan fingerprint density at radius 2 is 0.933 bits per heavy atom. The van der Waals surface area contributed by atoms with Crippen molar-refractivity contribution in [2.75, 3.05) is 4.90 Å². The molecule has 0 saturated carbocycles. The highest BCUT2D eigenvalue weighted by Gasteiger charge is 2.47. The minimum atomic E-state index is -0.496. The van der Waals surface area contributed by atoms with Crippen molar-refractivity contribution >= 4 is 39.0 Å². The summed E-state index contributed by atoms with van der Waals surface area (Å²) < 4.78 is 6.75. The lowest BCUT2D eigenvalue weighted by Gasteiger charge is -2.34. The van der Waals surface area contributed by atoms with E-state index in [1.165, 1.54) is 33.4 Å². The maximum absolute atomic E-state index is 6.75. The molecule has 1 aliphatic rings. The summed E-state index contributed by atoms with van der Waals surface area (Å²) in [6, 6.07) is 63.0. The Hall–Kier alpha value is -5.86. The van der Waals surface area contributed by atoms with Crippen molar-refractivity contribution in [1.29, 1.82) is 0 Å². The van der Waals surface area contributed by atoms with Gasteiger partial charge in [-0.05, 0) is 75.8 Å². The van der Waals surface area contributed by atoms with Gasteiger partial charge in [-0.2, -0.15) is 0 Å². The fourth-order valence-electron chi connectivity index (χ4n) is 7.55. The standard InChI is InChI=1S/C43H29NO/c1-4-15-30(16-5-1)43(37-23-12-10-21-34(37)35-22-11-13-24-38(35)43)39-25-14-26-40-42(39)36-28-27-33(29-41(36)45-40)44(31-17-6-2-7-18-31)32-19-8-3-9-20-32/h1-29H. The van der Waals surface area contributed by atoms with Crippen molar-refractivity contribution in [2.45, 2.75) is 5.41 Å². The lowest BCUT2D eigenvalue weighted by molar-refractivity contribution is 0.667. The number of nitrogens with zero attached hydrogens (tertiary/aromatic N) is 1. The van der Waals surface area contributed by atoms with E-state index in [-0.39, 0.29) is 0 Å². The van der Waals surface area contributed by atoms with Crippen LogP contribution in [0.25, 0.3) is 33.1 Å². The molecular weight excluding hydrogens is 546 g/mol. The van der Waals surface area contributed by atoms with Crippen molar-refractivity contribution < 1.29 is 4.42 Å². The first kappa shape index (κ1) is 25.6. The van der Waals surface area contributed by atoms with Gasteiger partial charge in [-0.1, -0.05) is 127 Å². The molecule has 1 heterocycles. The summed E-state index contributed by atoms with van der Waals surface area (Å²) in [6.45, 7) is 0. The number of benzene rings is 7. The molecule has 0 fully saturated rings. The Balaban J connectivity index is 1.33. The highest BCUT2D eigenvalue weighted by atomic mass is 16.3. The van der Waals surface area contributed by atoms with Gasteiger partial charge in [0.2, 0.25) is 0 Å². The Labute approximate surface area is 262 Å². The van der Waals surface area contributed by atoms with Crippen LogP contribution in [0.15, 0.2) is 180 Å². The fourth-order valence-corrected chi connectivity index (χ4v) is 7.55. The number of hydrogen-bond acceptors (Lipinski definition) is 2. The first-order valence-corrected chi connectivity index (χ1v) is 15.4. The highest BCUT2D eigenvalue weighted by Crippen LogP contribution is 2.58. The zero-order chi connectivity index (χ0) is 29.8. The second-order valence-electron chi connectivity index (χ2n) is 11.7. The largest absolute Gasteiger partial charge is 0.456 e. The van der Waals surface area contributed by atoms with Gasteiger partial charge in [0, 0.05) is 33.9 Å². The van der Waals surface area contributed by atoms with Gasteiger partial charge in [0.05, 0.1) is 5.41 Å². The molecule has 7 aromatic carbocycles. The predicted octanol–water partition coefficient (Wildman–Crippen LogP) is 11.4. The predicted molar refractivity (Wildman–Crippen MR) is 186 cm³/mol. The molecule has 0 saturated heterocycles. The molecule has 9 rings (SSSR count). The Kier molecular flexibility index (Phi) is 5.76. The average Bonchev–Trinajstić information content (AvgIpc) is 3.63. The van der Waals surface area contributed by atoms with E-state index in [1.807, 2.05) is 0 Å². The van der Waals surface area contributed by atoms with Crippen molar-refractivity contribution in [3.05, 3.63) is 198 Å². The molecule has 0 amide bonds. The van der Waals surface area contributed by atoms with Crippen LogP contribution in [-0.4, -0.2) is 0 Å². The third-order valence-electron chi connectivity index (χ3n) is 9.33. The van der Waals surface area contributed by atoms with E-state index in [4.69, 9.17) is 4.42 Å². The fraction of sp³-hybridized carbons (Fsp3) is 0.0233. The Morgan fingerprint density at radius 1 is 0.400 bits per heavy atom. The van der Waals surface area contributed by atoms with Gasteiger partial charge < -0.3 is 9.32 Å². The van der Waals surface area contributed by atoms with Gasteiger partial charge in [-0.25, -0.2) is 0 Å². The maximum atomic E-state index is 6.75. The topological polar surface area (TPSA) is 16.4 Å². The molecule has 2 nitrogen and oxygen atoms in total. The molecular formula is C43H29NO. The van der Waals surface area contributed by atoms with E-state index < -0.39 is 5.41 Å². The summed E-state index contributed by atoms with van der Waals surface area (Å²) in [5.74, 6) is 0. The summed E-state index contributed by atoms with van der Waals surface area (Å²) in [5, 5.41) is 2.27. The van der Waals surface area contributed by atoms with Gasteiger partial charge in [0.15, 0.2) is 0 Å². The summed E-state index contributed by atoms with van der Waals surface area (Å²) in [6.07, 6.45) is 0. The monoisotopic (exact) mass is 575 g/mol. The lowest BCUT2D eigenvalue weighted by atomic mass is 9.66. The minimum absolute atomic E-state index is 0.496. The van der Waals surface area contributed by atoms with E-state index in [9.17, 15) is 0 Å². The summed E-state index contributed by atoms with van der Waals surface area (Å²) in [7, 11) is 0. The van der Waals surface area contributed by atoms with Crippen LogP contribution in [0.4, 0.5) is 17.1 Å². The first-order valence-electron chi connectivity index (χ1n) is 15.4. The minimum Gasteiger partial charge on any atom is -0.456 e. The number of furan rings is 1. The molecule has 212 valence electrons. The Bertz CT molecular complexity index is 2240. The van der Waals surface area contributed by atoms with Crippen LogP contribution in [0.1, 0.15) is 22.3 Å². The van der Waals surface area contributed by atoms with Gasteiger partial charge in [0.1, 0.15) is 11.2 Å². The van der Waals surface area contributed by atoms with Crippen LogP contribution in [0.5, 0.6) is 0 Å². The second-order valence-corrected chi connectivity index (χ2v) is 11.7. The summed E-state index contributed by atoms with van der Waals surface area (Å²) in [5.41, 5.74) is 12.2. The normalized spacial score (nSPS) is 13.1. The highest BCUT2D eigenvalue weighted by molar-refractivity contribution is 6.09. The molecule has 0 radical (unpaired) electrons. The number of anilines is 3. The molecule has 0 aliphatic heterocycles. The number of para-hydroxylation sites is 2. The lowest BCUT2D eigenvalue weighted by Crippen LogP contribution is -2.28. The zero-order valence-electron chi connectivity index (χ0n) is 24.6. The third kappa shape index (κ3) is 3.76. The van der Waals surface area contributed by atoms with Crippen LogP contribution >= 0.6 is 0 Å². The van der Waals surface area contributed by atoms with Crippen molar-refractivity contribution in [1.82, 2.24) is 0 Å². The van der Waals surface area contributed by atoms with E-state index in [0.717, 1.165) is 39.0 Å². The van der Waals surface area contributed by atoms with Crippen molar-refractivity contribution in [3.63, 3.8) is 0 Å². The van der Waals surface area contributed by atoms with Crippen LogP contribution in [0.2, 0.25) is 0 Å². The molecule has 1 aliphatic carbocycles. The molecule has 0 atom stereocenters. The zero-order valence-corrected chi connectivity index (χ0v) is 24.6. The summed E-state index contributed by atoms with van der Waals surface area (Å²) in [4.78, 5) is 2.28. The van der Waals surface area contributed by atoms with E-state index in [0.29, 0.717) is 0 Å². The number of fused-ring (bicyclic) bond motifs is 6. The van der Waals surface area contributed by atoms with Crippen molar-refractivity contribution in [3.8, 4) is 11.1 Å². The average molecular weight is 576 g/mol. The quantitative estimate of drug-likeness (QED) is 0.203. The molecule has 0 spiro atoms. The van der Waals surface area contributed by atoms with Crippen LogP contribution in [0, 0.1) is 0 Å². The van der Waals surface area contributed by atoms with E-state index in [2.05, 4.69) is 181 Å². The van der Waals surface area contributed by atoms with Crippen LogP contribution in [-0.2, 0) is 5.41 Å². The molecule has 2 heteroatoms. The molecule has 1 aromatic heterocycles. The smallest absolute Gasteiger partial charge is 0.137 e. The first-order chi connectivity index (χ1) is 22.3. The van der Waals surface area contributed by atoms with E-state index in [1.54, 1.807) is 0 Å². The molecule has 0 unspecified atom stereocenters. The third-order valence-corrected chi connectivity index (χ3v) is 9.33. The SMILES string of the molecule is c1ccc(N(c2ccccc2)c2ccc3c(c2)oc2cccc(C4(c5ccccc5)c5ccccc5-c5ccccc54)c23)cc1. The van der Waals surface area contributed by atoms with Gasteiger partial charge in [-0.3, -0.25) is 0 Å². The van der Waals surface area contributed by atoms with E-state index >= 15 is 0 Å². The summed E-state index contributed by atoms with van der Waals surface area (Å²) >= 11 is 0. The van der Waals surface area contributed by atoms with Crippen LogP contribution < -0.4 is 4.90 Å². The Morgan fingerprint density at radius 3 is 1.56 bits per heavy atom.